The molecule has 27 heavy (non-hydrogen) atoms. The number of nitrogens with zero attached hydrogens (tertiary/aromatic N) is 2. The largest absolute Gasteiger partial charge is 0.378 e. The van der Waals surface area contributed by atoms with Gasteiger partial charge in [0.2, 0.25) is 0 Å². The highest BCUT2D eigenvalue weighted by molar-refractivity contribution is 6.09. The third-order valence-electron chi connectivity index (χ3n) is 5.01. The number of hydrogen-bond donors (Lipinski definition) is 1. The van der Waals surface area contributed by atoms with Crippen molar-refractivity contribution in [1.29, 1.82) is 0 Å². The molecule has 0 aliphatic carbocycles. The van der Waals surface area contributed by atoms with E-state index in [4.69, 9.17) is 0 Å². The Hall–Kier alpha value is -3.48. The number of piperazine rings is 1. The second-order valence-corrected chi connectivity index (χ2v) is 6.57. The van der Waals surface area contributed by atoms with Gasteiger partial charge in [0.15, 0.2) is 5.78 Å². The van der Waals surface area contributed by atoms with E-state index in [2.05, 4.69) is 11.4 Å². The maximum absolute atomic E-state index is 12.8. The number of carbonyl (C=O) groups excluding carboxylic acids is 2. The summed E-state index contributed by atoms with van der Waals surface area (Å²) in [6, 6.07) is 13.5. The fourth-order valence-electron chi connectivity index (χ4n) is 3.65. The first-order valence-electron chi connectivity index (χ1n) is 8.68. The van der Waals surface area contributed by atoms with E-state index in [1.54, 1.807) is 4.90 Å². The lowest BCUT2D eigenvalue weighted by Crippen LogP contribution is -2.51. The van der Waals surface area contributed by atoms with Gasteiger partial charge in [-0.3, -0.25) is 19.7 Å². The topological polar surface area (TPSA) is 92.6 Å². The molecule has 136 valence electrons. The van der Waals surface area contributed by atoms with Crippen molar-refractivity contribution in [1.82, 2.24) is 10.2 Å². The van der Waals surface area contributed by atoms with Crippen LogP contribution in [0, 0.1) is 10.1 Å². The summed E-state index contributed by atoms with van der Waals surface area (Å²) in [6.07, 6.45) is 2.02. The highest BCUT2D eigenvalue weighted by atomic mass is 16.6. The lowest BCUT2D eigenvalue weighted by atomic mass is 9.90. The molecule has 1 saturated heterocycles. The average Bonchev–Trinajstić information content (AvgIpc) is 2.69. The summed E-state index contributed by atoms with van der Waals surface area (Å²) in [7, 11) is 0. The Kier molecular flexibility index (Phi) is 4.19. The summed E-state index contributed by atoms with van der Waals surface area (Å²) < 4.78 is 0. The fraction of sp³-hybridized carbons (Fsp3) is 0.200. The van der Waals surface area contributed by atoms with Gasteiger partial charge in [-0.25, -0.2) is 0 Å². The van der Waals surface area contributed by atoms with Crippen LogP contribution in [0.2, 0.25) is 0 Å². The first kappa shape index (κ1) is 17.0. The molecular weight excluding hydrogens is 346 g/mol. The van der Waals surface area contributed by atoms with Gasteiger partial charge in [-0.1, -0.05) is 36.4 Å². The number of nitrogens with one attached hydrogen (secondary N) is 1. The number of rotatable bonds is 3. The van der Waals surface area contributed by atoms with Crippen molar-refractivity contribution in [3.63, 3.8) is 0 Å². The van der Waals surface area contributed by atoms with E-state index in [1.165, 1.54) is 35.9 Å². The minimum Gasteiger partial charge on any atom is -0.378 e. The summed E-state index contributed by atoms with van der Waals surface area (Å²) in [4.78, 5) is 37.4. The normalized spacial score (nSPS) is 19.9. The van der Waals surface area contributed by atoms with Crippen molar-refractivity contribution in [2.75, 3.05) is 13.1 Å². The number of benzene rings is 2. The molecule has 1 N–H and O–H groups in total. The van der Waals surface area contributed by atoms with Crippen LogP contribution in [0.15, 0.2) is 60.3 Å². The summed E-state index contributed by atoms with van der Waals surface area (Å²) in [6.45, 7) is 1.13. The number of hydrogen-bond acceptors (Lipinski definition) is 5. The van der Waals surface area contributed by atoms with Crippen LogP contribution in [0.25, 0.3) is 0 Å². The minimum absolute atomic E-state index is 0.0486. The van der Waals surface area contributed by atoms with Crippen LogP contribution in [0.5, 0.6) is 0 Å². The molecule has 0 aromatic heterocycles. The maximum Gasteiger partial charge on any atom is 0.270 e. The van der Waals surface area contributed by atoms with Crippen LogP contribution in [-0.2, 0) is 11.2 Å². The number of fused-ring (bicyclic) bond motifs is 3. The van der Waals surface area contributed by atoms with Gasteiger partial charge in [0.05, 0.1) is 11.0 Å². The van der Waals surface area contributed by atoms with E-state index in [9.17, 15) is 19.7 Å². The standard InChI is InChI=1S/C20H17N3O4/c24-19(14-5-3-6-15(10-14)23(26)27)11-17-20(25)22-9-8-13-4-1-2-7-16(13)18(22)12-21-17/h1-7,10-11,18,21H,8-9,12H2/b17-11-. The lowest BCUT2D eigenvalue weighted by Gasteiger charge is -2.41. The number of allylic oxidation sites excluding steroid dienone is 1. The highest BCUT2D eigenvalue weighted by Crippen LogP contribution is 2.32. The monoisotopic (exact) mass is 363 g/mol. The van der Waals surface area contributed by atoms with E-state index in [0.29, 0.717) is 13.1 Å². The summed E-state index contributed by atoms with van der Waals surface area (Å²) in [5.41, 5.74) is 2.62. The van der Waals surface area contributed by atoms with E-state index < -0.39 is 10.7 Å². The molecule has 2 aliphatic heterocycles. The van der Waals surface area contributed by atoms with Crippen molar-refractivity contribution >= 4 is 17.4 Å². The number of carbonyl (C=O) groups is 2. The molecular formula is C20H17N3O4. The van der Waals surface area contributed by atoms with E-state index in [0.717, 1.165) is 12.0 Å². The Labute approximate surface area is 155 Å². The predicted octanol–water partition coefficient (Wildman–Crippen LogP) is 2.39. The van der Waals surface area contributed by atoms with Gasteiger partial charge in [-0.15, -0.1) is 0 Å². The van der Waals surface area contributed by atoms with Crippen LogP contribution < -0.4 is 5.32 Å². The quantitative estimate of drug-likeness (QED) is 0.391. The number of nitro benzene ring substituents is 1. The Bertz CT molecular complexity index is 983. The van der Waals surface area contributed by atoms with Crippen molar-refractivity contribution < 1.29 is 14.5 Å². The molecule has 0 saturated carbocycles. The summed E-state index contributed by atoms with van der Waals surface area (Å²) in [5, 5.41) is 13.9. The van der Waals surface area contributed by atoms with Crippen LogP contribution in [0.4, 0.5) is 5.69 Å². The lowest BCUT2D eigenvalue weighted by molar-refractivity contribution is -0.384. The van der Waals surface area contributed by atoms with Crippen molar-refractivity contribution in [2.45, 2.75) is 12.5 Å². The number of non-ortho nitro benzene ring substituents is 1. The van der Waals surface area contributed by atoms with Crippen molar-refractivity contribution in [3.8, 4) is 0 Å². The van der Waals surface area contributed by atoms with E-state index >= 15 is 0 Å². The molecule has 0 spiro atoms. The number of ketones is 1. The molecule has 1 fully saturated rings. The Morgan fingerprint density at radius 1 is 1.22 bits per heavy atom. The molecule has 2 heterocycles. The molecule has 2 aromatic carbocycles. The average molecular weight is 363 g/mol. The van der Waals surface area contributed by atoms with Gasteiger partial charge in [-0.2, -0.15) is 0 Å². The molecule has 1 atom stereocenters. The third kappa shape index (κ3) is 3.08. The van der Waals surface area contributed by atoms with Gasteiger partial charge in [0.1, 0.15) is 5.70 Å². The Morgan fingerprint density at radius 3 is 2.85 bits per heavy atom. The van der Waals surface area contributed by atoms with Gasteiger partial charge in [0, 0.05) is 36.9 Å². The highest BCUT2D eigenvalue weighted by Gasteiger charge is 2.36. The smallest absolute Gasteiger partial charge is 0.270 e. The van der Waals surface area contributed by atoms with Crippen LogP contribution in [0.1, 0.15) is 27.5 Å². The molecule has 7 nitrogen and oxygen atoms in total. The van der Waals surface area contributed by atoms with Gasteiger partial charge >= 0.3 is 0 Å². The molecule has 1 unspecified atom stereocenters. The summed E-state index contributed by atoms with van der Waals surface area (Å²) >= 11 is 0. The third-order valence-corrected chi connectivity index (χ3v) is 5.01. The first-order valence-corrected chi connectivity index (χ1v) is 8.68. The molecule has 7 heteroatoms. The minimum atomic E-state index is -0.552. The predicted molar refractivity (Wildman–Crippen MR) is 98.1 cm³/mol. The van der Waals surface area contributed by atoms with Crippen molar-refractivity contribution in [3.05, 3.63) is 87.1 Å². The second kappa shape index (κ2) is 6.68. The Morgan fingerprint density at radius 2 is 2.04 bits per heavy atom. The molecule has 0 bridgehead atoms. The summed E-state index contributed by atoms with van der Waals surface area (Å²) in [5.74, 6) is -0.662. The number of nitro groups is 1. The van der Waals surface area contributed by atoms with Gasteiger partial charge in [-0.05, 0) is 17.5 Å². The molecule has 4 rings (SSSR count). The van der Waals surface area contributed by atoms with Gasteiger partial charge in [0.25, 0.3) is 11.6 Å². The van der Waals surface area contributed by atoms with Crippen molar-refractivity contribution in [2.24, 2.45) is 0 Å². The molecule has 1 amide bonds. The first-order chi connectivity index (χ1) is 13.0. The Balaban J connectivity index is 1.58. The van der Waals surface area contributed by atoms with Crippen LogP contribution in [-0.4, -0.2) is 34.6 Å². The SMILES string of the molecule is O=C(/C=C1\NCC2c3ccccc3CCN2C1=O)c1cccc([N+](=O)[O-])c1. The fourth-order valence-corrected chi connectivity index (χ4v) is 3.65. The number of amides is 1. The van der Waals surface area contributed by atoms with Crippen LogP contribution in [0.3, 0.4) is 0 Å². The van der Waals surface area contributed by atoms with Gasteiger partial charge < -0.3 is 10.2 Å². The zero-order valence-electron chi connectivity index (χ0n) is 14.4. The molecule has 2 aromatic rings. The zero-order valence-corrected chi connectivity index (χ0v) is 14.4. The van der Waals surface area contributed by atoms with E-state index in [1.807, 2.05) is 18.2 Å². The van der Waals surface area contributed by atoms with Crippen LogP contribution >= 0.6 is 0 Å². The molecule has 0 radical (unpaired) electrons. The maximum atomic E-state index is 12.8. The molecule has 2 aliphatic rings. The zero-order chi connectivity index (χ0) is 19.0. The second-order valence-electron chi connectivity index (χ2n) is 6.57. The van der Waals surface area contributed by atoms with E-state index in [-0.39, 0.29) is 28.9 Å².